The maximum absolute atomic E-state index is 10.7. The van der Waals surface area contributed by atoms with Crippen LogP contribution in [-0.2, 0) is 0 Å². The summed E-state index contributed by atoms with van der Waals surface area (Å²) in [4.78, 5) is 0. The average Bonchev–Trinajstić information content (AvgIpc) is 1.87. The van der Waals surface area contributed by atoms with Crippen molar-refractivity contribution >= 4 is 0 Å². The molecule has 68 valence electrons. The number of nitrogens with one attached hydrogen (secondary N) is 1. The molecule has 0 rings (SSSR count). The summed E-state index contributed by atoms with van der Waals surface area (Å²) in [7, 11) is 1.61. The van der Waals surface area contributed by atoms with Crippen LogP contribution in [-0.4, -0.2) is 25.3 Å². The van der Waals surface area contributed by atoms with Crippen molar-refractivity contribution in [3.8, 4) is 0 Å². The predicted molar refractivity (Wildman–Crippen MR) is 45.2 cm³/mol. The molecule has 2 unspecified atom stereocenters. The van der Waals surface area contributed by atoms with Crippen LogP contribution in [0.25, 0.3) is 0 Å². The number of hydrogen-bond acceptors (Lipinski definition) is 2. The van der Waals surface area contributed by atoms with Crippen LogP contribution in [0.15, 0.2) is 0 Å². The van der Waals surface area contributed by atoms with Gasteiger partial charge in [-0.3, -0.25) is 0 Å². The van der Waals surface area contributed by atoms with Gasteiger partial charge in [-0.2, -0.15) is 0 Å². The second kappa shape index (κ2) is 6.58. The fourth-order valence-electron chi connectivity index (χ4n) is 1.35. The fourth-order valence-corrected chi connectivity index (χ4v) is 1.35. The molecule has 0 aliphatic carbocycles. The lowest BCUT2D eigenvalue weighted by Crippen LogP contribution is -3.04. The van der Waals surface area contributed by atoms with E-state index in [9.17, 15) is 5.21 Å². The zero-order valence-electron chi connectivity index (χ0n) is 7.47. The molecule has 3 heteroatoms. The summed E-state index contributed by atoms with van der Waals surface area (Å²) >= 11 is 0. The first-order valence-electron chi connectivity index (χ1n) is 4.31. The molecule has 2 N–H and O–H groups in total. The molecule has 0 fully saturated rings. The van der Waals surface area contributed by atoms with Gasteiger partial charge in [-0.15, -0.1) is 0 Å². The molecule has 0 saturated carbocycles. The summed E-state index contributed by atoms with van der Waals surface area (Å²) in [6.07, 6.45) is 2.92. The molecule has 11 heavy (non-hydrogen) atoms. The SMILES string of the molecule is CCCC(CCO)C[NH+](C)[O-]. The molecule has 0 radical (unpaired) electrons. The zero-order valence-corrected chi connectivity index (χ0v) is 7.47. The Morgan fingerprint density at radius 3 is 2.45 bits per heavy atom. The van der Waals surface area contributed by atoms with Gasteiger partial charge < -0.3 is 15.4 Å². The van der Waals surface area contributed by atoms with Crippen LogP contribution >= 0.6 is 0 Å². The second-order valence-corrected chi connectivity index (χ2v) is 3.07. The van der Waals surface area contributed by atoms with E-state index < -0.39 is 0 Å². The standard InChI is InChI=1S/C8H19NO2/c1-3-4-8(5-6-10)7-9(2)11/h8-10H,3-7H2,1-2H3. The Labute approximate surface area is 68.6 Å². The third kappa shape index (κ3) is 6.28. The Balaban J connectivity index is 3.50. The van der Waals surface area contributed by atoms with Crippen molar-refractivity contribution in [2.45, 2.75) is 26.2 Å². The maximum Gasteiger partial charge on any atom is 0.0795 e. The van der Waals surface area contributed by atoms with Crippen molar-refractivity contribution in [2.75, 3.05) is 20.2 Å². The highest BCUT2D eigenvalue weighted by Crippen LogP contribution is 2.07. The highest BCUT2D eigenvalue weighted by atomic mass is 16.5. The second-order valence-electron chi connectivity index (χ2n) is 3.07. The first-order chi connectivity index (χ1) is 5.20. The first-order valence-corrected chi connectivity index (χ1v) is 4.31. The van der Waals surface area contributed by atoms with Gasteiger partial charge >= 0.3 is 0 Å². The quantitative estimate of drug-likeness (QED) is 0.530. The van der Waals surface area contributed by atoms with Crippen LogP contribution in [0.4, 0.5) is 0 Å². The number of aliphatic hydroxyl groups excluding tert-OH is 1. The minimum Gasteiger partial charge on any atom is -0.634 e. The van der Waals surface area contributed by atoms with Crippen molar-refractivity contribution in [3.63, 3.8) is 0 Å². The van der Waals surface area contributed by atoms with Crippen LogP contribution in [0.3, 0.4) is 0 Å². The predicted octanol–water partition coefficient (Wildman–Crippen LogP) is -0.202. The summed E-state index contributed by atoms with van der Waals surface area (Å²) in [6, 6.07) is 0. The van der Waals surface area contributed by atoms with E-state index in [-0.39, 0.29) is 11.7 Å². The van der Waals surface area contributed by atoms with E-state index in [0.29, 0.717) is 12.5 Å². The van der Waals surface area contributed by atoms with Crippen LogP contribution in [0.5, 0.6) is 0 Å². The van der Waals surface area contributed by atoms with Crippen LogP contribution < -0.4 is 5.06 Å². The lowest BCUT2D eigenvalue weighted by Gasteiger charge is -2.22. The maximum atomic E-state index is 10.7. The molecule has 0 bridgehead atoms. The Morgan fingerprint density at radius 2 is 2.09 bits per heavy atom. The van der Waals surface area contributed by atoms with Gasteiger partial charge in [0.2, 0.25) is 0 Å². The van der Waals surface area contributed by atoms with Gasteiger partial charge in [0.25, 0.3) is 0 Å². The number of hydrogen-bond donors (Lipinski definition) is 2. The van der Waals surface area contributed by atoms with Crippen molar-refractivity contribution in [1.82, 2.24) is 0 Å². The molecule has 0 aliphatic heterocycles. The molecule has 0 aromatic heterocycles. The van der Waals surface area contributed by atoms with Crippen molar-refractivity contribution < 1.29 is 10.2 Å². The molecule has 0 aromatic carbocycles. The van der Waals surface area contributed by atoms with Crippen LogP contribution in [0.2, 0.25) is 0 Å². The van der Waals surface area contributed by atoms with Gasteiger partial charge in [0.1, 0.15) is 0 Å². The van der Waals surface area contributed by atoms with Crippen LogP contribution in [0, 0.1) is 11.1 Å². The summed E-state index contributed by atoms with van der Waals surface area (Å²) < 4.78 is 0. The van der Waals surface area contributed by atoms with E-state index >= 15 is 0 Å². The first kappa shape index (κ1) is 10.9. The number of hydroxylamine groups is 2. The highest BCUT2D eigenvalue weighted by Gasteiger charge is 2.08. The van der Waals surface area contributed by atoms with E-state index in [1.807, 2.05) is 0 Å². The van der Waals surface area contributed by atoms with E-state index in [2.05, 4.69) is 6.92 Å². The minimum absolute atomic E-state index is 0.206. The average molecular weight is 161 g/mol. The minimum atomic E-state index is 0.206. The fraction of sp³-hybridized carbons (Fsp3) is 1.00. The van der Waals surface area contributed by atoms with Crippen molar-refractivity contribution in [3.05, 3.63) is 5.21 Å². The summed E-state index contributed by atoms with van der Waals surface area (Å²) in [5.74, 6) is 0.405. The van der Waals surface area contributed by atoms with E-state index in [4.69, 9.17) is 5.11 Å². The monoisotopic (exact) mass is 161 g/mol. The van der Waals surface area contributed by atoms with Gasteiger partial charge in [-0.1, -0.05) is 13.3 Å². The van der Waals surface area contributed by atoms with Gasteiger partial charge in [-0.05, 0) is 12.8 Å². The van der Waals surface area contributed by atoms with Gasteiger partial charge in [0.05, 0.1) is 13.6 Å². The summed E-state index contributed by atoms with van der Waals surface area (Å²) in [6.45, 7) is 2.94. The molecule has 0 saturated heterocycles. The molecule has 0 spiro atoms. The topological polar surface area (TPSA) is 47.7 Å². The molecule has 0 heterocycles. The lowest BCUT2D eigenvalue weighted by molar-refractivity contribution is -0.830. The number of aliphatic hydroxyl groups is 1. The van der Waals surface area contributed by atoms with E-state index in [0.717, 1.165) is 19.3 Å². The largest absolute Gasteiger partial charge is 0.634 e. The summed E-state index contributed by atoms with van der Waals surface area (Å²) in [5.41, 5.74) is 0. The van der Waals surface area contributed by atoms with Gasteiger partial charge in [0.15, 0.2) is 0 Å². The lowest BCUT2D eigenvalue weighted by atomic mass is 10.0. The number of quaternary nitrogens is 1. The van der Waals surface area contributed by atoms with E-state index in [1.165, 1.54) is 0 Å². The van der Waals surface area contributed by atoms with Crippen LogP contribution in [0.1, 0.15) is 26.2 Å². The Morgan fingerprint density at radius 1 is 1.45 bits per heavy atom. The summed E-state index contributed by atoms with van der Waals surface area (Å²) in [5, 5.41) is 19.6. The number of rotatable bonds is 6. The van der Waals surface area contributed by atoms with E-state index in [1.54, 1.807) is 7.05 Å². The molecule has 2 atom stereocenters. The highest BCUT2D eigenvalue weighted by molar-refractivity contribution is 4.55. The normalized spacial score (nSPS) is 16.4. The molecule has 0 aliphatic rings. The molecular formula is C8H19NO2. The smallest absolute Gasteiger partial charge is 0.0795 e. The zero-order chi connectivity index (χ0) is 8.69. The Kier molecular flexibility index (Phi) is 6.51. The van der Waals surface area contributed by atoms with Crippen molar-refractivity contribution in [1.29, 1.82) is 0 Å². The van der Waals surface area contributed by atoms with Gasteiger partial charge in [0, 0.05) is 12.5 Å². The molecule has 0 aromatic rings. The molecule has 0 amide bonds. The Bertz CT molecular complexity index is 80.2. The third-order valence-electron chi connectivity index (χ3n) is 1.81. The molecular weight excluding hydrogens is 142 g/mol. The third-order valence-corrected chi connectivity index (χ3v) is 1.81. The molecule has 3 nitrogen and oxygen atoms in total. The Hall–Kier alpha value is -0.120. The van der Waals surface area contributed by atoms with Crippen molar-refractivity contribution in [2.24, 2.45) is 5.92 Å². The van der Waals surface area contributed by atoms with Gasteiger partial charge in [-0.25, -0.2) is 0 Å².